The molecule has 0 aliphatic rings. The molecule has 0 bridgehead atoms. The summed E-state index contributed by atoms with van der Waals surface area (Å²) in [7, 11) is 3.70. The summed E-state index contributed by atoms with van der Waals surface area (Å²) in [5, 5.41) is 28.3. The first kappa shape index (κ1) is 26.3. The Morgan fingerprint density at radius 3 is 2.68 bits per heavy atom. The van der Waals surface area contributed by atoms with Crippen molar-refractivity contribution in [3.63, 3.8) is 0 Å². The van der Waals surface area contributed by atoms with Crippen LogP contribution in [0.2, 0.25) is 0 Å². The molecule has 3 heterocycles. The van der Waals surface area contributed by atoms with E-state index in [2.05, 4.69) is 15.4 Å². The molecular weight excluding hydrogens is 471 g/mol. The zero-order valence-electron chi connectivity index (χ0n) is 22.1. The number of nitrogens with zero attached hydrogens (tertiary/aromatic N) is 5. The molecule has 4 aromatic rings. The molecule has 4 rings (SSSR count). The Morgan fingerprint density at radius 1 is 1.24 bits per heavy atom. The Morgan fingerprint density at radius 2 is 2.00 bits per heavy atom. The van der Waals surface area contributed by atoms with Crippen LogP contribution < -0.4 is 10.1 Å². The molecule has 194 valence electrons. The lowest BCUT2D eigenvalue weighted by Gasteiger charge is -2.25. The van der Waals surface area contributed by atoms with Gasteiger partial charge in [-0.1, -0.05) is 20.8 Å². The average molecular weight is 505 g/mol. The van der Waals surface area contributed by atoms with Gasteiger partial charge in [-0.3, -0.25) is 4.68 Å². The smallest absolute Gasteiger partial charge is 0.147 e. The number of aryl methyl sites for hydroxylation is 1. The molecule has 3 aromatic heterocycles. The summed E-state index contributed by atoms with van der Waals surface area (Å²) in [5.41, 5.74) is 5.03. The van der Waals surface area contributed by atoms with Crippen molar-refractivity contribution < 1.29 is 14.2 Å². The summed E-state index contributed by atoms with van der Waals surface area (Å²) >= 11 is 0. The Balaban J connectivity index is 1.69. The maximum Gasteiger partial charge on any atom is 0.147 e. The third-order valence-electron chi connectivity index (χ3n) is 6.64. The van der Waals surface area contributed by atoms with Gasteiger partial charge in [-0.05, 0) is 43.7 Å². The lowest BCUT2D eigenvalue weighted by atomic mass is 9.85. The van der Waals surface area contributed by atoms with Crippen molar-refractivity contribution in [2.45, 2.75) is 46.8 Å². The molecule has 1 aromatic carbocycles. The van der Waals surface area contributed by atoms with Crippen molar-refractivity contribution in [2.24, 2.45) is 12.5 Å². The Labute approximate surface area is 216 Å². The number of aliphatic hydroxyl groups excluding tert-OH is 1. The van der Waals surface area contributed by atoms with Crippen LogP contribution >= 0.6 is 0 Å². The van der Waals surface area contributed by atoms with Crippen LogP contribution in [0.25, 0.3) is 16.8 Å². The highest BCUT2D eigenvalue weighted by molar-refractivity contribution is 5.74. The molecule has 0 fully saturated rings. The number of benzene rings is 1. The summed E-state index contributed by atoms with van der Waals surface area (Å²) in [6.07, 6.45) is 3.41. The number of hydrogen-bond acceptors (Lipinski definition) is 6. The van der Waals surface area contributed by atoms with Gasteiger partial charge < -0.3 is 19.6 Å². The van der Waals surface area contributed by atoms with Crippen LogP contribution in [0.15, 0.2) is 36.7 Å². The van der Waals surface area contributed by atoms with Gasteiger partial charge in [-0.2, -0.15) is 10.4 Å². The van der Waals surface area contributed by atoms with Crippen LogP contribution in [-0.4, -0.2) is 37.9 Å². The second-order valence-corrected chi connectivity index (χ2v) is 10.3. The number of imidazole rings is 1. The Kier molecular flexibility index (Phi) is 7.35. The van der Waals surface area contributed by atoms with Gasteiger partial charge in [0, 0.05) is 48.6 Å². The molecule has 0 amide bonds. The highest BCUT2D eigenvalue weighted by Crippen LogP contribution is 2.37. The SMILES string of the molecule is CNCc1cnc2ccc(-c3ccc(F)c(C#N)c3OCCc3c(C(O)C(C)(C)C)nn(C)c3C)cn12. The fourth-order valence-electron chi connectivity index (χ4n) is 4.41. The molecule has 0 radical (unpaired) electrons. The summed E-state index contributed by atoms with van der Waals surface area (Å²) in [6.45, 7) is 8.63. The van der Waals surface area contributed by atoms with E-state index in [9.17, 15) is 14.8 Å². The number of fused-ring (bicyclic) bond motifs is 1. The minimum absolute atomic E-state index is 0.142. The van der Waals surface area contributed by atoms with E-state index in [0.29, 0.717) is 24.2 Å². The van der Waals surface area contributed by atoms with Gasteiger partial charge in [-0.25, -0.2) is 9.37 Å². The van der Waals surface area contributed by atoms with Crippen LogP contribution in [0.4, 0.5) is 4.39 Å². The standard InChI is InChI=1S/C28H33FN6O2/c1-17-20(25(33-34(17)6)27(36)28(2,3)4)11-12-37-26-21(8-9-23(29)22(26)13-30)18-7-10-24-32-15-19(14-31-5)35(24)16-18/h7-10,15-16,27,31,36H,11-12,14H2,1-6H3. The molecule has 0 saturated carbocycles. The lowest BCUT2D eigenvalue weighted by molar-refractivity contribution is 0.0575. The van der Waals surface area contributed by atoms with Gasteiger partial charge in [0.1, 0.15) is 35.0 Å². The van der Waals surface area contributed by atoms with Crippen LogP contribution in [0.3, 0.4) is 0 Å². The first-order valence-corrected chi connectivity index (χ1v) is 12.2. The highest BCUT2D eigenvalue weighted by Gasteiger charge is 2.30. The molecule has 1 atom stereocenters. The topological polar surface area (TPSA) is 100 Å². The lowest BCUT2D eigenvalue weighted by Crippen LogP contribution is -2.20. The van der Waals surface area contributed by atoms with Crippen molar-refractivity contribution >= 4 is 5.65 Å². The third kappa shape index (κ3) is 5.08. The van der Waals surface area contributed by atoms with Crippen molar-refractivity contribution in [1.29, 1.82) is 5.26 Å². The summed E-state index contributed by atoms with van der Waals surface area (Å²) in [6, 6.07) is 8.65. The number of pyridine rings is 1. The molecular formula is C28H33FN6O2. The number of hydrogen-bond donors (Lipinski definition) is 2. The van der Waals surface area contributed by atoms with E-state index in [1.165, 1.54) is 6.07 Å². The molecule has 1 unspecified atom stereocenters. The minimum atomic E-state index is -0.754. The van der Waals surface area contributed by atoms with Gasteiger partial charge in [0.2, 0.25) is 0 Å². The van der Waals surface area contributed by atoms with E-state index >= 15 is 0 Å². The maximum atomic E-state index is 14.7. The van der Waals surface area contributed by atoms with Gasteiger partial charge in [0.25, 0.3) is 0 Å². The molecule has 2 N–H and O–H groups in total. The summed E-state index contributed by atoms with van der Waals surface area (Å²) < 4.78 is 24.5. The normalized spacial score (nSPS) is 12.6. The Hall–Kier alpha value is -3.74. The molecule has 8 nitrogen and oxygen atoms in total. The van der Waals surface area contributed by atoms with E-state index in [0.717, 1.165) is 28.2 Å². The summed E-state index contributed by atoms with van der Waals surface area (Å²) in [4.78, 5) is 4.43. The number of aliphatic hydroxyl groups is 1. The quantitative estimate of drug-likeness (QED) is 0.367. The van der Waals surface area contributed by atoms with E-state index in [-0.39, 0.29) is 17.9 Å². The number of rotatable bonds is 8. The predicted octanol–water partition coefficient (Wildman–Crippen LogP) is 4.47. The van der Waals surface area contributed by atoms with E-state index in [4.69, 9.17) is 4.74 Å². The van der Waals surface area contributed by atoms with Gasteiger partial charge >= 0.3 is 0 Å². The monoisotopic (exact) mass is 504 g/mol. The number of halogens is 1. The fourth-order valence-corrected chi connectivity index (χ4v) is 4.41. The zero-order valence-corrected chi connectivity index (χ0v) is 22.1. The van der Waals surface area contributed by atoms with Gasteiger partial charge in [0.15, 0.2) is 0 Å². The first-order chi connectivity index (χ1) is 17.6. The van der Waals surface area contributed by atoms with Crippen LogP contribution in [0, 0.1) is 29.5 Å². The van der Waals surface area contributed by atoms with E-state index in [1.54, 1.807) is 16.9 Å². The molecule has 0 saturated heterocycles. The van der Waals surface area contributed by atoms with Gasteiger partial charge in [-0.15, -0.1) is 0 Å². The minimum Gasteiger partial charge on any atom is -0.491 e. The maximum absolute atomic E-state index is 14.7. The van der Waals surface area contributed by atoms with E-state index in [1.807, 2.05) is 70.6 Å². The molecule has 0 spiro atoms. The second-order valence-electron chi connectivity index (χ2n) is 10.3. The fraction of sp³-hybridized carbons (Fsp3) is 0.393. The average Bonchev–Trinajstić information content (AvgIpc) is 3.38. The third-order valence-corrected chi connectivity index (χ3v) is 6.64. The largest absolute Gasteiger partial charge is 0.491 e. The summed E-state index contributed by atoms with van der Waals surface area (Å²) in [5.74, 6) is -0.446. The molecule has 0 aliphatic carbocycles. The number of aromatic nitrogens is 4. The predicted molar refractivity (Wildman–Crippen MR) is 140 cm³/mol. The number of ether oxygens (including phenoxy) is 1. The van der Waals surface area contributed by atoms with E-state index < -0.39 is 17.3 Å². The van der Waals surface area contributed by atoms with Crippen molar-refractivity contribution in [3.05, 3.63) is 70.7 Å². The molecule has 9 heteroatoms. The van der Waals surface area contributed by atoms with Crippen molar-refractivity contribution in [1.82, 2.24) is 24.5 Å². The zero-order chi connectivity index (χ0) is 26.9. The van der Waals surface area contributed by atoms with Gasteiger partial charge in [0.05, 0.1) is 24.2 Å². The number of nitriles is 1. The Bertz CT molecular complexity index is 1470. The van der Waals surface area contributed by atoms with Crippen LogP contribution in [-0.2, 0) is 20.0 Å². The van der Waals surface area contributed by atoms with Crippen molar-refractivity contribution in [3.8, 4) is 22.9 Å². The van der Waals surface area contributed by atoms with Crippen LogP contribution in [0.5, 0.6) is 5.75 Å². The number of nitrogens with one attached hydrogen (secondary N) is 1. The first-order valence-electron chi connectivity index (χ1n) is 12.2. The molecule has 37 heavy (non-hydrogen) atoms. The second kappa shape index (κ2) is 10.3. The van der Waals surface area contributed by atoms with Crippen molar-refractivity contribution in [2.75, 3.05) is 13.7 Å². The molecule has 0 aliphatic heterocycles. The van der Waals surface area contributed by atoms with Crippen LogP contribution in [0.1, 0.15) is 55.1 Å². The highest BCUT2D eigenvalue weighted by atomic mass is 19.1.